The van der Waals surface area contributed by atoms with Gasteiger partial charge < -0.3 is 4.74 Å². The maximum absolute atomic E-state index is 13.1. The highest BCUT2D eigenvalue weighted by Gasteiger charge is 2.28. The highest BCUT2D eigenvalue weighted by molar-refractivity contribution is 7.92. The Bertz CT molecular complexity index is 1730. The first-order valence-corrected chi connectivity index (χ1v) is 12.1. The molecule has 14 heteroatoms. The number of nitro groups is 2. The van der Waals surface area contributed by atoms with Crippen molar-refractivity contribution in [2.45, 2.75) is 18.7 Å². The standard InChI is InChI=1S/C23H19N5O8S/c1-13-20(27(30)31)11-16(12-21(13)28(32)33)37(34,35)25-19-9-8-15(10-22(19)36-3)26-14(2)24-18-7-5-4-6-17(18)23(26)29/h4-12,25H,1-3H3. The second-order valence-electron chi connectivity index (χ2n) is 7.91. The molecule has 13 nitrogen and oxygen atoms in total. The number of rotatable bonds is 7. The molecule has 0 unspecified atom stereocenters. The van der Waals surface area contributed by atoms with E-state index in [-0.39, 0.29) is 22.6 Å². The Balaban J connectivity index is 1.79. The Morgan fingerprint density at radius 3 is 2.19 bits per heavy atom. The summed E-state index contributed by atoms with van der Waals surface area (Å²) in [5, 5.41) is 23.1. The molecule has 0 bridgehead atoms. The summed E-state index contributed by atoms with van der Waals surface area (Å²) in [6, 6.07) is 12.5. The molecule has 0 saturated carbocycles. The second kappa shape index (κ2) is 9.31. The number of aryl methyl sites for hydroxylation is 1. The zero-order valence-corrected chi connectivity index (χ0v) is 20.5. The average Bonchev–Trinajstić information content (AvgIpc) is 2.84. The minimum absolute atomic E-state index is 0.0247. The van der Waals surface area contributed by atoms with Gasteiger partial charge in [0, 0.05) is 18.2 Å². The molecule has 0 amide bonds. The minimum atomic E-state index is -4.52. The van der Waals surface area contributed by atoms with Gasteiger partial charge in [0.2, 0.25) is 0 Å². The summed E-state index contributed by atoms with van der Waals surface area (Å²) in [6.45, 7) is 2.81. The van der Waals surface area contributed by atoms with E-state index in [0.29, 0.717) is 22.4 Å². The lowest BCUT2D eigenvalue weighted by Gasteiger charge is -2.16. The number of methoxy groups -OCH3 is 1. The molecule has 0 saturated heterocycles. The number of fused-ring (bicyclic) bond motifs is 1. The largest absolute Gasteiger partial charge is 0.494 e. The molecule has 1 heterocycles. The molecule has 4 rings (SSSR count). The van der Waals surface area contributed by atoms with Crippen molar-refractivity contribution >= 4 is 38.0 Å². The summed E-state index contributed by atoms with van der Waals surface area (Å²) in [7, 11) is -3.23. The quantitative estimate of drug-likeness (QED) is 0.279. The van der Waals surface area contributed by atoms with Crippen LogP contribution in [0.3, 0.4) is 0 Å². The molecule has 0 fully saturated rings. The van der Waals surface area contributed by atoms with E-state index in [1.807, 2.05) is 0 Å². The Hall–Kier alpha value is -4.85. The van der Waals surface area contributed by atoms with Gasteiger partial charge in [-0.3, -0.25) is 34.3 Å². The summed E-state index contributed by atoms with van der Waals surface area (Å²) in [5.41, 5.74) is -1.22. The van der Waals surface area contributed by atoms with E-state index in [4.69, 9.17) is 4.74 Å². The number of nitrogens with one attached hydrogen (secondary N) is 1. The van der Waals surface area contributed by atoms with Crippen LogP contribution in [-0.4, -0.2) is 34.9 Å². The van der Waals surface area contributed by atoms with E-state index in [1.165, 1.54) is 29.9 Å². The number of ether oxygens (including phenoxy) is 1. The maximum atomic E-state index is 13.1. The Morgan fingerprint density at radius 1 is 0.973 bits per heavy atom. The summed E-state index contributed by atoms with van der Waals surface area (Å²) in [4.78, 5) is 37.8. The van der Waals surface area contributed by atoms with Crippen LogP contribution in [0.15, 0.2) is 64.3 Å². The zero-order chi connectivity index (χ0) is 27.1. The zero-order valence-electron chi connectivity index (χ0n) is 19.7. The molecular formula is C23H19N5O8S. The van der Waals surface area contributed by atoms with E-state index in [1.54, 1.807) is 31.2 Å². The van der Waals surface area contributed by atoms with Gasteiger partial charge in [0.15, 0.2) is 0 Å². The van der Waals surface area contributed by atoms with E-state index in [2.05, 4.69) is 9.71 Å². The van der Waals surface area contributed by atoms with Crippen LogP contribution in [0.25, 0.3) is 16.6 Å². The number of para-hydroxylation sites is 1. The number of nitro benzene ring substituents is 2. The van der Waals surface area contributed by atoms with Crippen molar-refractivity contribution in [3.05, 3.63) is 96.6 Å². The van der Waals surface area contributed by atoms with E-state index in [9.17, 15) is 33.4 Å². The molecule has 1 aromatic heterocycles. The second-order valence-corrected chi connectivity index (χ2v) is 9.59. The molecule has 0 aliphatic carbocycles. The van der Waals surface area contributed by atoms with Gasteiger partial charge in [-0.05, 0) is 38.1 Å². The number of benzene rings is 3. The van der Waals surface area contributed by atoms with Crippen molar-refractivity contribution in [3.63, 3.8) is 0 Å². The van der Waals surface area contributed by atoms with Crippen LogP contribution in [0.2, 0.25) is 0 Å². The molecule has 0 spiro atoms. The Morgan fingerprint density at radius 2 is 1.59 bits per heavy atom. The summed E-state index contributed by atoms with van der Waals surface area (Å²) in [5.74, 6) is 0.412. The Kier molecular flexibility index (Phi) is 6.35. The van der Waals surface area contributed by atoms with E-state index >= 15 is 0 Å². The van der Waals surface area contributed by atoms with Gasteiger partial charge >= 0.3 is 0 Å². The molecule has 1 N–H and O–H groups in total. The maximum Gasteiger partial charge on any atom is 0.280 e. The molecular weight excluding hydrogens is 506 g/mol. The van der Waals surface area contributed by atoms with Crippen molar-refractivity contribution in [2.75, 3.05) is 11.8 Å². The summed E-state index contributed by atoms with van der Waals surface area (Å²) in [6.07, 6.45) is 0. The number of sulfonamides is 1. The molecule has 3 aromatic carbocycles. The molecule has 0 atom stereocenters. The fourth-order valence-corrected chi connectivity index (χ4v) is 4.96. The molecule has 0 aliphatic heterocycles. The van der Waals surface area contributed by atoms with Gasteiger partial charge in [-0.2, -0.15) is 0 Å². The molecule has 190 valence electrons. The fourth-order valence-electron chi connectivity index (χ4n) is 3.85. The third-order valence-electron chi connectivity index (χ3n) is 5.66. The van der Waals surface area contributed by atoms with Crippen LogP contribution >= 0.6 is 0 Å². The lowest BCUT2D eigenvalue weighted by molar-refractivity contribution is -0.395. The van der Waals surface area contributed by atoms with Crippen LogP contribution in [-0.2, 0) is 10.0 Å². The van der Waals surface area contributed by atoms with Gasteiger partial charge in [0.1, 0.15) is 22.0 Å². The van der Waals surface area contributed by atoms with Crippen molar-refractivity contribution < 1.29 is 23.0 Å². The predicted molar refractivity (Wildman–Crippen MR) is 134 cm³/mol. The van der Waals surface area contributed by atoms with Gasteiger partial charge in [-0.25, -0.2) is 13.4 Å². The highest BCUT2D eigenvalue weighted by atomic mass is 32.2. The molecule has 37 heavy (non-hydrogen) atoms. The predicted octanol–water partition coefficient (Wildman–Crippen LogP) is 3.63. The molecule has 4 aromatic rings. The number of hydrogen-bond acceptors (Lipinski definition) is 9. The average molecular weight is 525 g/mol. The van der Waals surface area contributed by atoms with E-state index in [0.717, 1.165) is 19.1 Å². The molecule has 0 radical (unpaired) electrons. The van der Waals surface area contributed by atoms with Crippen molar-refractivity contribution in [1.29, 1.82) is 0 Å². The topological polar surface area (TPSA) is 177 Å². The van der Waals surface area contributed by atoms with Crippen LogP contribution in [0.1, 0.15) is 11.4 Å². The molecule has 0 aliphatic rings. The van der Waals surface area contributed by atoms with Crippen LogP contribution in [0.5, 0.6) is 5.75 Å². The van der Waals surface area contributed by atoms with Gasteiger partial charge in [0.05, 0.1) is 39.2 Å². The highest BCUT2D eigenvalue weighted by Crippen LogP contribution is 2.34. The minimum Gasteiger partial charge on any atom is -0.494 e. The fraction of sp³-hybridized carbons (Fsp3) is 0.130. The number of hydrogen-bond donors (Lipinski definition) is 1. The number of anilines is 1. The van der Waals surface area contributed by atoms with Gasteiger partial charge in [0.25, 0.3) is 27.0 Å². The monoisotopic (exact) mass is 525 g/mol. The van der Waals surface area contributed by atoms with Crippen LogP contribution in [0, 0.1) is 34.1 Å². The normalized spacial score (nSPS) is 11.3. The van der Waals surface area contributed by atoms with Crippen LogP contribution in [0.4, 0.5) is 17.1 Å². The van der Waals surface area contributed by atoms with Crippen molar-refractivity contribution in [1.82, 2.24) is 9.55 Å². The number of aromatic nitrogens is 2. The smallest absolute Gasteiger partial charge is 0.280 e. The van der Waals surface area contributed by atoms with Crippen molar-refractivity contribution in [2.24, 2.45) is 0 Å². The van der Waals surface area contributed by atoms with Crippen molar-refractivity contribution in [3.8, 4) is 11.4 Å². The third-order valence-corrected chi connectivity index (χ3v) is 7.01. The number of nitrogens with zero attached hydrogens (tertiary/aromatic N) is 4. The first kappa shape index (κ1) is 25.2. The third kappa shape index (κ3) is 4.56. The lowest BCUT2D eigenvalue weighted by atomic mass is 10.1. The summed E-state index contributed by atoms with van der Waals surface area (Å²) >= 11 is 0. The van der Waals surface area contributed by atoms with E-state index < -0.39 is 36.1 Å². The summed E-state index contributed by atoms with van der Waals surface area (Å²) < 4.78 is 35.0. The van der Waals surface area contributed by atoms with Gasteiger partial charge in [-0.1, -0.05) is 12.1 Å². The first-order valence-electron chi connectivity index (χ1n) is 10.6. The Labute approximate surface area is 209 Å². The van der Waals surface area contributed by atoms with Gasteiger partial charge in [-0.15, -0.1) is 0 Å². The lowest BCUT2D eigenvalue weighted by Crippen LogP contribution is -2.22. The SMILES string of the molecule is COc1cc(-n2c(C)nc3ccccc3c2=O)ccc1NS(=O)(=O)c1cc([N+](=O)[O-])c(C)c([N+](=O)[O-])c1. The van der Waals surface area contributed by atoms with Crippen LogP contribution < -0.4 is 15.0 Å². The first-order chi connectivity index (χ1) is 17.4.